The Hall–Kier alpha value is -2.68. The Labute approximate surface area is 154 Å². The average molecular weight is 376 g/mol. The highest BCUT2D eigenvalue weighted by Crippen LogP contribution is 2.24. The molecule has 1 aliphatic rings. The van der Waals surface area contributed by atoms with Crippen LogP contribution in [0.5, 0.6) is 0 Å². The van der Waals surface area contributed by atoms with E-state index in [0.29, 0.717) is 27.5 Å². The van der Waals surface area contributed by atoms with E-state index in [1.54, 1.807) is 18.9 Å². The third-order valence-electron chi connectivity index (χ3n) is 4.26. The molecule has 2 aromatic heterocycles. The zero-order chi connectivity index (χ0) is 18.7. The third-order valence-corrected chi connectivity index (χ3v) is 5.21. The van der Waals surface area contributed by atoms with E-state index < -0.39 is 12.6 Å². The number of esters is 1. The average Bonchev–Trinajstić information content (AvgIpc) is 3.38. The molecule has 8 nitrogen and oxygen atoms in total. The minimum absolute atomic E-state index is 0.114. The van der Waals surface area contributed by atoms with Crippen LogP contribution in [0.1, 0.15) is 49.7 Å². The number of carbonyl (C=O) groups is 3. The molecule has 2 aromatic rings. The highest BCUT2D eigenvalue weighted by Gasteiger charge is 2.23. The number of amides is 1. The first-order valence-corrected chi connectivity index (χ1v) is 9.10. The minimum atomic E-state index is -0.599. The van der Waals surface area contributed by atoms with Crippen LogP contribution in [-0.2, 0) is 4.74 Å². The number of anilines is 1. The van der Waals surface area contributed by atoms with E-state index in [-0.39, 0.29) is 11.7 Å². The Bertz CT molecular complexity index is 836. The van der Waals surface area contributed by atoms with Crippen molar-refractivity contribution in [3.05, 3.63) is 34.8 Å². The number of aryl methyl sites for hydroxylation is 1. The molecular formula is C17H20N4O4S. The Morgan fingerprint density at radius 1 is 1.35 bits per heavy atom. The van der Waals surface area contributed by atoms with Crippen molar-refractivity contribution < 1.29 is 19.1 Å². The molecule has 0 radical (unpaired) electrons. The number of aromatic nitrogens is 2. The second-order valence-electron chi connectivity index (χ2n) is 6.02. The standard InChI is InChI=1S/C17H20N4O4S/c1-10-14(15(18-2)26-20-10)17(24)25-9-13(22)11-7-12(19-8-11)16(23)21-5-3-4-6-21/h7-8,18-19H,3-6,9H2,1-2H3. The highest BCUT2D eigenvalue weighted by molar-refractivity contribution is 7.10. The molecule has 3 heterocycles. The fourth-order valence-electron chi connectivity index (χ4n) is 2.84. The van der Waals surface area contributed by atoms with E-state index in [0.717, 1.165) is 37.5 Å². The Morgan fingerprint density at radius 2 is 2.08 bits per heavy atom. The van der Waals surface area contributed by atoms with Gasteiger partial charge in [0, 0.05) is 31.9 Å². The number of nitrogens with one attached hydrogen (secondary N) is 2. The van der Waals surface area contributed by atoms with E-state index in [2.05, 4.69) is 14.7 Å². The van der Waals surface area contributed by atoms with Gasteiger partial charge in [0.1, 0.15) is 16.3 Å². The molecule has 0 aromatic carbocycles. The first-order chi connectivity index (χ1) is 12.5. The van der Waals surface area contributed by atoms with E-state index in [1.807, 2.05) is 0 Å². The molecule has 1 saturated heterocycles. The van der Waals surface area contributed by atoms with Crippen molar-refractivity contribution >= 4 is 34.2 Å². The van der Waals surface area contributed by atoms with Crippen molar-refractivity contribution in [1.29, 1.82) is 0 Å². The molecule has 1 aliphatic heterocycles. The summed E-state index contributed by atoms with van der Waals surface area (Å²) >= 11 is 1.16. The number of ether oxygens (including phenoxy) is 1. The van der Waals surface area contributed by atoms with Gasteiger partial charge in [0.15, 0.2) is 6.61 Å². The summed E-state index contributed by atoms with van der Waals surface area (Å²) in [5.41, 5.74) is 1.58. The molecular weight excluding hydrogens is 356 g/mol. The molecule has 0 aliphatic carbocycles. The molecule has 0 spiro atoms. The predicted octanol–water partition coefficient (Wildman–Crippen LogP) is 2.10. The Balaban J connectivity index is 1.61. The molecule has 9 heteroatoms. The molecule has 0 bridgehead atoms. The van der Waals surface area contributed by atoms with Crippen molar-refractivity contribution in [3.8, 4) is 0 Å². The van der Waals surface area contributed by atoms with Gasteiger partial charge < -0.3 is 19.9 Å². The Kier molecular flexibility index (Phi) is 5.36. The Morgan fingerprint density at radius 3 is 2.77 bits per heavy atom. The molecule has 2 N–H and O–H groups in total. The predicted molar refractivity (Wildman–Crippen MR) is 96.9 cm³/mol. The number of rotatable bonds is 6. The van der Waals surface area contributed by atoms with Crippen LogP contribution in [0.4, 0.5) is 5.00 Å². The monoisotopic (exact) mass is 376 g/mol. The molecule has 0 atom stereocenters. The quantitative estimate of drug-likeness (QED) is 0.591. The zero-order valence-electron chi connectivity index (χ0n) is 14.6. The normalized spacial score (nSPS) is 13.7. The summed E-state index contributed by atoms with van der Waals surface area (Å²) in [6, 6.07) is 1.51. The van der Waals surface area contributed by atoms with Crippen LogP contribution in [0.3, 0.4) is 0 Å². The maximum Gasteiger partial charge on any atom is 0.343 e. The van der Waals surface area contributed by atoms with Crippen LogP contribution in [0.25, 0.3) is 0 Å². The summed E-state index contributed by atoms with van der Waals surface area (Å²) in [7, 11) is 1.69. The van der Waals surface area contributed by atoms with Gasteiger partial charge in [-0.05, 0) is 37.4 Å². The summed E-state index contributed by atoms with van der Waals surface area (Å²) in [6.07, 6.45) is 3.47. The number of likely N-dealkylation sites (tertiary alicyclic amines) is 1. The van der Waals surface area contributed by atoms with Gasteiger partial charge in [-0.2, -0.15) is 4.37 Å². The largest absolute Gasteiger partial charge is 0.454 e. The second kappa shape index (κ2) is 7.69. The lowest BCUT2D eigenvalue weighted by atomic mass is 10.2. The van der Waals surface area contributed by atoms with E-state index >= 15 is 0 Å². The first-order valence-electron chi connectivity index (χ1n) is 8.33. The maximum atomic E-state index is 12.3. The molecule has 138 valence electrons. The van der Waals surface area contributed by atoms with Crippen molar-refractivity contribution in [3.63, 3.8) is 0 Å². The van der Waals surface area contributed by atoms with Crippen LogP contribution in [0.2, 0.25) is 0 Å². The van der Waals surface area contributed by atoms with Crippen LogP contribution < -0.4 is 5.32 Å². The van der Waals surface area contributed by atoms with Crippen LogP contribution in [-0.4, -0.2) is 58.7 Å². The number of H-pyrrole nitrogens is 1. The summed E-state index contributed by atoms with van der Waals surface area (Å²) < 4.78 is 9.22. The van der Waals surface area contributed by atoms with Gasteiger partial charge >= 0.3 is 5.97 Å². The summed E-state index contributed by atoms with van der Waals surface area (Å²) in [4.78, 5) is 41.4. The highest BCUT2D eigenvalue weighted by atomic mass is 32.1. The number of aromatic amines is 1. The van der Waals surface area contributed by atoms with Gasteiger partial charge in [-0.1, -0.05) is 0 Å². The van der Waals surface area contributed by atoms with Crippen molar-refractivity contribution in [2.24, 2.45) is 0 Å². The lowest BCUT2D eigenvalue weighted by Gasteiger charge is -2.13. The summed E-state index contributed by atoms with van der Waals surface area (Å²) in [6.45, 7) is 2.78. The summed E-state index contributed by atoms with van der Waals surface area (Å²) in [5.74, 6) is -1.09. The molecule has 3 rings (SSSR count). The number of hydrogen-bond donors (Lipinski definition) is 2. The second-order valence-corrected chi connectivity index (χ2v) is 6.80. The number of hydrogen-bond acceptors (Lipinski definition) is 7. The zero-order valence-corrected chi connectivity index (χ0v) is 15.4. The third kappa shape index (κ3) is 3.62. The molecule has 0 unspecified atom stereocenters. The number of Topliss-reactive ketones (excluding diaryl/α,β-unsaturated/α-hetero) is 1. The van der Waals surface area contributed by atoms with Gasteiger partial charge in [-0.15, -0.1) is 0 Å². The van der Waals surface area contributed by atoms with Crippen molar-refractivity contribution in [1.82, 2.24) is 14.3 Å². The lowest BCUT2D eigenvalue weighted by molar-refractivity contribution is 0.0475. The van der Waals surface area contributed by atoms with Gasteiger partial charge in [0.2, 0.25) is 5.78 Å². The first kappa shape index (κ1) is 18.1. The van der Waals surface area contributed by atoms with Crippen molar-refractivity contribution in [2.45, 2.75) is 19.8 Å². The fraction of sp³-hybridized carbons (Fsp3) is 0.412. The van der Waals surface area contributed by atoms with E-state index in [4.69, 9.17) is 4.74 Å². The van der Waals surface area contributed by atoms with E-state index in [9.17, 15) is 14.4 Å². The topological polar surface area (TPSA) is 104 Å². The molecule has 0 saturated carbocycles. The van der Waals surface area contributed by atoms with Crippen LogP contribution >= 0.6 is 11.5 Å². The van der Waals surface area contributed by atoms with E-state index in [1.165, 1.54) is 12.3 Å². The maximum absolute atomic E-state index is 12.3. The molecule has 26 heavy (non-hydrogen) atoms. The van der Waals surface area contributed by atoms with Gasteiger partial charge in [0.25, 0.3) is 5.91 Å². The minimum Gasteiger partial charge on any atom is -0.454 e. The van der Waals surface area contributed by atoms with Crippen LogP contribution in [0.15, 0.2) is 12.3 Å². The SMILES string of the molecule is CNc1snc(C)c1C(=O)OCC(=O)c1c[nH]c(C(=O)N2CCCC2)c1. The van der Waals surface area contributed by atoms with Gasteiger partial charge in [-0.3, -0.25) is 9.59 Å². The fourth-order valence-corrected chi connectivity index (χ4v) is 3.57. The van der Waals surface area contributed by atoms with Crippen LogP contribution in [0, 0.1) is 6.92 Å². The summed E-state index contributed by atoms with van der Waals surface area (Å²) in [5, 5.41) is 3.48. The number of nitrogens with zero attached hydrogens (tertiary/aromatic N) is 2. The van der Waals surface area contributed by atoms with Gasteiger partial charge in [-0.25, -0.2) is 4.79 Å². The molecule has 1 fully saturated rings. The number of ketones is 1. The van der Waals surface area contributed by atoms with Gasteiger partial charge in [0.05, 0.1) is 5.69 Å². The van der Waals surface area contributed by atoms with Crippen molar-refractivity contribution in [2.75, 3.05) is 32.1 Å². The smallest absolute Gasteiger partial charge is 0.343 e. The molecule has 1 amide bonds. The number of carbonyl (C=O) groups excluding carboxylic acids is 3. The lowest BCUT2D eigenvalue weighted by Crippen LogP contribution is -2.27.